The van der Waals surface area contributed by atoms with Crippen LogP contribution in [0, 0.1) is 19.8 Å². The lowest BCUT2D eigenvalue weighted by atomic mass is 9.93. The fraction of sp³-hybridized carbons (Fsp3) is 0.407. The fourth-order valence-corrected chi connectivity index (χ4v) is 5.90. The standard InChI is InChI=1S/C27H30O8S/c1-16-8-11-20(12-9-16)36(30,31)35-26-21(13-10-18-6-5-7-19(18)14-23(28)32-3)25(33-4)17(2)22-15-34-27(29)24(22)26/h8-12,19H,5-7,13-15H2,1-4H3/b18-10+. The first-order valence-corrected chi connectivity index (χ1v) is 13.2. The molecule has 0 spiro atoms. The highest BCUT2D eigenvalue weighted by atomic mass is 32.2. The number of cyclic esters (lactones) is 1. The van der Waals surface area contributed by atoms with Crippen LogP contribution in [0.4, 0.5) is 0 Å². The van der Waals surface area contributed by atoms with Gasteiger partial charge in [-0.1, -0.05) is 29.3 Å². The number of ether oxygens (including phenoxy) is 3. The highest BCUT2D eigenvalue weighted by Gasteiger charge is 2.36. The van der Waals surface area contributed by atoms with Gasteiger partial charge in [0.25, 0.3) is 0 Å². The van der Waals surface area contributed by atoms with Crippen molar-refractivity contribution in [2.24, 2.45) is 5.92 Å². The SMILES string of the molecule is COC(=O)CC1CCC/C1=C\Cc1c(OC)c(C)c2c(c1OS(=O)(=O)c1ccc(C)cc1)C(=O)OC2. The van der Waals surface area contributed by atoms with Crippen molar-refractivity contribution in [1.29, 1.82) is 0 Å². The molecule has 2 aliphatic rings. The Kier molecular flexibility index (Phi) is 7.40. The van der Waals surface area contributed by atoms with E-state index in [0.29, 0.717) is 28.9 Å². The summed E-state index contributed by atoms with van der Waals surface area (Å²) in [6.45, 7) is 3.68. The number of esters is 2. The fourth-order valence-electron chi connectivity index (χ4n) is 4.93. The molecule has 1 heterocycles. The second-order valence-corrected chi connectivity index (χ2v) is 10.6. The van der Waals surface area contributed by atoms with Gasteiger partial charge in [-0.2, -0.15) is 8.42 Å². The van der Waals surface area contributed by atoms with Crippen molar-refractivity contribution in [3.63, 3.8) is 0 Å². The van der Waals surface area contributed by atoms with E-state index in [4.69, 9.17) is 18.4 Å². The maximum atomic E-state index is 13.2. The molecule has 1 unspecified atom stereocenters. The molecule has 8 nitrogen and oxygen atoms in total. The van der Waals surface area contributed by atoms with Crippen LogP contribution in [0.25, 0.3) is 0 Å². The number of benzene rings is 2. The van der Waals surface area contributed by atoms with Crippen LogP contribution in [-0.2, 0) is 37.4 Å². The van der Waals surface area contributed by atoms with E-state index >= 15 is 0 Å². The Hall–Kier alpha value is -3.33. The third-order valence-electron chi connectivity index (χ3n) is 6.88. The molecule has 0 saturated heterocycles. The lowest BCUT2D eigenvalue weighted by molar-refractivity contribution is -0.141. The van der Waals surface area contributed by atoms with Crippen LogP contribution in [0.2, 0.25) is 0 Å². The van der Waals surface area contributed by atoms with Crippen molar-refractivity contribution in [3.8, 4) is 11.5 Å². The van der Waals surface area contributed by atoms with E-state index < -0.39 is 16.1 Å². The van der Waals surface area contributed by atoms with Crippen LogP contribution in [0.15, 0.2) is 40.8 Å². The Morgan fingerprint density at radius 2 is 1.86 bits per heavy atom. The molecule has 0 amide bonds. The van der Waals surface area contributed by atoms with E-state index in [1.54, 1.807) is 12.1 Å². The Labute approximate surface area is 211 Å². The summed E-state index contributed by atoms with van der Waals surface area (Å²) in [5.74, 6) is -0.474. The minimum absolute atomic E-state index is 0.0138. The van der Waals surface area contributed by atoms with Crippen LogP contribution in [0.1, 0.15) is 58.3 Å². The van der Waals surface area contributed by atoms with Gasteiger partial charge in [0.2, 0.25) is 0 Å². The molecule has 1 aliphatic carbocycles. The minimum Gasteiger partial charge on any atom is -0.496 e. The molecular formula is C27H30O8S. The van der Waals surface area contributed by atoms with Gasteiger partial charge >= 0.3 is 22.1 Å². The molecule has 9 heteroatoms. The van der Waals surface area contributed by atoms with E-state index in [1.807, 2.05) is 19.9 Å². The Morgan fingerprint density at radius 3 is 2.53 bits per heavy atom. The van der Waals surface area contributed by atoms with Crippen molar-refractivity contribution < 1.29 is 36.4 Å². The first-order chi connectivity index (χ1) is 17.2. The molecule has 1 fully saturated rings. The third kappa shape index (κ3) is 4.97. The zero-order valence-corrected chi connectivity index (χ0v) is 21.7. The Bertz CT molecular complexity index is 1320. The largest absolute Gasteiger partial charge is 0.496 e. The van der Waals surface area contributed by atoms with E-state index in [2.05, 4.69) is 0 Å². The van der Waals surface area contributed by atoms with Crippen LogP contribution in [0.3, 0.4) is 0 Å². The number of hydrogen-bond donors (Lipinski definition) is 0. The number of fused-ring (bicyclic) bond motifs is 1. The van der Waals surface area contributed by atoms with E-state index in [0.717, 1.165) is 30.4 Å². The summed E-state index contributed by atoms with van der Waals surface area (Å²) < 4.78 is 47.9. The summed E-state index contributed by atoms with van der Waals surface area (Å²) in [4.78, 5) is 24.6. The summed E-state index contributed by atoms with van der Waals surface area (Å²) in [7, 11) is -1.38. The molecule has 0 bridgehead atoms. The van der Waals surface area contributed by atoms with Crippen LogP contribution in [0.5, 0.6) is 11.5 Å². The molecule has 2 aromatic rings. The zero-order chi connectivity index (χ0) is 26.0. The summed E-state index contributed by atoms with van der Waals surface area (Å²) in [6.07, 6.45) is 5.18. The maximum Gasteiger partial charge on any atom is 0.342 e. The van der Waals surface area contributed by atoms with Crippen molar-refractivity contribution in [3.05, 3.63) is 63.7 Å². The molecule has 1 saturated carbocycles. The minimum atomic E-state index is -4.25. The number of carbonyl (C=O) groups excluding carboxylic acids is 2. The van der Waals surface area contributed by atoms with Gasteiger partial charge in [-0.05, 0) is 63.1 Å². The molecule has 1 atom stereocenters. The molecule has 36 heavy (non-hydrogen) atoms. The second-order valence-electron chi connectivity index (χ2n) is 9.10. The highest BCUT2D eigenvalue weighted by molar-refractivity contribution is 7.87. The van der Waals surface area contributed by atoms with Crippen molar-refractivity contribution in [2.75, 3.05) is 14.2 Å². The summed E-state index contributed by atoms with van der Waals surface area (Å²) in [5.41, 5.74) is 3.79. The number of aryl methyl sites for hydroxylation is 1. The van der Waals surface area contributed by atoms with Gasteiger partial charge in [0.1, 0.15) is 22.8 Å². The molecule has 0 radical (unpaired) electrons. The van der Waals surface area contributed by atoms with Gasteiger partial charge in [-0.3, -0.25) is 4.79 Å². The smallest absolute Gasteiger partial charge is 0.342 e. The van der Waals surface area contributed by atoms with E-state index in [1.165, 1.54) is 26.4 Å². The second kappa shape index (κ2) is 10.3. The number of hydrogen-bond acceptors (Lipinski definition) is 8. The van der Waals surface area contributed by atoms with Gasteiger partial charge < -0.3 is 18.4 Å². The lowest BCUT2D eigenvalue weighted by Crippen LogP contribution is -2.15. The maximum absolute atomic E-state index is 13.2. The summed E-state index contributed by atoms with van der Waals surface area (Å²) >= 11 is 0. The molecule has 0 N–H and O–H groups in total. The van der Waals surface area contributed by atoms with Gasteiger partial charge in [-0.15, -0.1) is 0 Å². The molecule has 4 rings (SSSR count). The third-order valence-corrected chi connectivity index (χ3v) is 8.12. The molecule has 2 aromatic carbocycles. The normalized spacial score (nSPS) is 18.2. The van der Waals surface area contributed by atoms with E-state index in [-0.39, 0.29) is 41.1 Å². The monoisotopic (exact) mass is 514 g/mol. The number of carbonyl (C=O) groups is 2. The number of allylic oxidation sites excluding steroid dienone is 2. The molecule has 192 valence electrons. The lowest BCUT2D eigenvalue weighted by Gasteiger charge is -2.19. The molecule has 1 aliphatic heterocycles. The highest BCUT2D eigenvalue weighted by Crippen LogP contribution is 2.44. The van der Waals surface area contributed by atoms with Crippen molar-refractivity contribution in [2.45, 2.75) is 57.5 Å². The zero-order valence-electron chi connectivity index (χ0n) is 20.9. The topological polar surface area (TPSA) is 105 Å². The van der Waals surface area contributed by atoms with E-state index in [9.17, 15) is 18.0 Å². The molecule has 0 aromatic heterocycles. The van der Waals surface area contributed by atoms with Crippen LogP contribution >= 0.6 is 0 Å². The van der Waals surface area contributed by atoms with Gasteiger partial charge in [0.15, 0.2) is 5.75 Å². The predicted molar refractivity (Wildman–Crippen MR) is 132 cm³/mol. The Morgan fingerprint density at radius 1 is 1.14 bits per heavy atom. The number of rotatable bonds is 8. The number of methoxy groups -OCH3 is 2. The average molecular weight is 515 g/mol. The summed E-state index contributed by atoms with van der Waals surface area (Å²) in [6, 6.07) is 6.29. The molecular weight excluding hydrogens is 484 g/mol. The van der Waals surface area contributed by atoms with Crippen molar-refractivity contribution in [1.82, 2.24) is 0 Å². The van der Waals surface area contributed by atoms with Gasteiger partial charge in [0, 0.05) is 11.1 Å². The van der Waals surface area contributed by atoms with Gasteiger partial charge in [-0.25, -0.2) is 4.79 Å². The van der Waals surface area contributed by atoms with Crippen molar-refractivity contribution >= 4 is 22.1 Å². The summed E-state index contributed by atoms with van der Waals surface area (Å²) in [5, 5.41) is 0. The predicted octanol–water partition coefficient (Wildman–Crippen LogP) is 4.58. The Balaban J connectivity index is 1.80. The average Bonchev–Trinajstić information content (AvgIpc) is 3.46. The van der Waals surface area contributed by atoms with Gasteiger partial charge in [0.05, 0.1) is 20.6 Å². The quantitative estimate of drug-likeness (QED) is 0.286. The first kappa shape index (κ1) is 25.8. The first-order valence-electron chi connectivity index (χ1n) is 11.8. The van der Waals surface area contributed by atoms with Crippen LogP contribution in [-0.4, -0.2) is 34.6 Å². The van der Waals surface area contributed by atoms with Crippen LogP contribution < -0.4 is 8.92 Å².